The van der Waals surface area contributed by atoms with Crippen molar-refractivity contribution in [3.05, 3.63) is 65.1 Å². The number of halogens is 1. The summed E-state index contributed by atoms with van der Waals surface area (Å²) >= 11 is 0. The molecule has 1 aliphatic carbocycles. The second-order valence-electron chi connectivity index (χ2n) is 6.90. The number of carboxylic acids is 1. The molecule has 1 unspecified atom stereocenters. The number of nitrogens with two attached hydrogens (primary N) is 1. The molecule has 4 rings (SSSR count). The molecule has 1 atom stereocenters. The Morgan fingerprint density at radius 3 is 2.64 bits per heavy atom. The van der Waals surface area contributed by atoms with Gasteiger partial charge in [-0.2, -0.15) is 0 Å². The number of carbonyl (C=O) groups excluding carboxylic acids is 1. The lowest BCUT2D eigenvalue weighted by Gasteiger charge is -2.12. The minimum Gasteiger partial charge on any atom is -0.481 e. The molecule has 6 nitrogen and oxygen atoms in total. The predicted molar refractivity (Wildman–Crippen MR) is 101 cm³/mol. The lowest BCUT2D eigenvalue weighted by atomic mass is 9.99. The fraction of sp³-hybridized carbons (Fsp3) is 0.238. The molecular weight excluding hydrogens is 363 g/mol. The number of ether oxygens (including phenoxy) is 1. The molecule has 1 heterocycles. The highest BCUT2D eigenvalue weighted by atomic mass is 19.1. The van der Waals surface area contributed by atoms with Gasteiger partial charge >= 0.3 is 5.97 Å². The van der Waals surface area contributed by atoms with Crippen LogP contribution < -0.4 is 10.5 Å². The zero-order chi connectivity index (χ0) is 19.8. The number of nitrogens with zero attached hydrogens (tertiary/aromatic N) is 1. The van der Waals surface area contributed by atoms with Gasteiger partial charge in [0.1, 0.15) is 11.6 Å². The topological polar surface area (TPSA) is 94.6 Å². The van der Waals surface area contributed by atoms with Gasteiger partial charge in [0.2, 0.25) is 5.91 Å². The van der Waals surface area contributed by atoms with E-state index in [-0.39, 0.29) is 5.82 Å². The minimum absolute atomic E-state index is 0.301. The molecule has 144 valence electrons. The largest absolute Gasteiger partial charge is 0.481 e. The fourth-order valence-electron chi connectivity index (χ4n) is 4.02. The van der Waals surface area contributed by atoms with E-state index in [1.807, 2.05) is 6.07 Å². The summed E-state index contributed by atoms with van der Waals surface area (Å²) in [6.45, 7) is 0.0260. The number of fused-ring (bicyclic) bond motifs is 3. The first kappa shape index (κ1) is 18.0. The maximum atomic E-state index is 13.3. The molecule has 0 spiro atoms. The summed E-state index contributed by atoms with van der Waals surface area (Å²) in [5.41, 5.74) is 9.17. The molecule has 0 aliphatic heterocycles. The van der Waals surface area contributed by atoms with Crippen LogP contribution in [0.2, 0.25) is 0 Å². The first-order chi connectivity index (χ1) is 13.5. The van der Waals surface area contributed by atoms with Crippen molar-refractivity contribution in [1.29, 1.82) is 0 Å². The smallest absolute Gasteiger partial charge is 0.341 e. The van der Waals surface area contributed by atoms with Crippen LogP contribution >= 0.6 is 0 Å². The lowest BCUT2D eigenvalue weighted by molar-refractivity contribution is -0.139. The van der Waals surface area contributed by atoms with E-state index >= 15 is 0 Å². The molecule has 1 aromatic heterocycles. The van der Waals surface area contributed by atoms with Gasteiger partial charge in [0.25, 0.3) is 0 Å². The molecule has 0 fully saturated rings. The highest BCUT2D eigenvalue weighted by molar-refractivity contribution is 5.97. The number of rotatable bonds is 6. The SMILES string of the molecule is NC(=O)C1CCc2c1c1c(OCC(=O)O)cccc1n2Cc1ccc(F)cc1. The van der Waals surface area contributed by atoms with E-state index in [0.29, 0.717) is 25.1 Å². The average Bonchev–Trinajstić information content (AvgIpc) is 3.21. The van der Waals surface area contributed by atoms with Crippen molar-refractivity contribution >= 4 is 22.8 Å². The van der Waals surface area contributed by atoms with Crippen LogP contribution in [0.4, 0.5) is 4.39 Å². The molecule has 0 saturated carbocycles. The lowest BCUT2D eigenvalue weighted by Crippen LogP contribution is -2.19. The quantitative estimate of drug-likeness (QED) is 0.685. The Kier molecular flexibility index (Phi) is 4.50. The molecular formula is C21H19FN2O4. The number of benzene rings is 2. The summed E-state index contributed by atoms with van der Waals surface area (Å²) in [4.78, 5) is 23.0. The summed E-state index contributed by atoms with van der Waals surface area (Å²) in [5.74, 6) is -1.81. The highest BCUT2D eigenvalue weighted by Gasteiger charge is 2.34. The Hall–Kier alpha value is -3.35. The van der Waals surface area contributed by atoms with Gasteiger partial charge in [0.05, 0.1) is 11.4 Å². The molecule has 3 N–H and O–H groups in total. The monoisotopic (exact) mass is 382 g/mol. The summed E-state index contributed by atoms with van der Waals surface area (Å²) in [7, 11) is 0. The third-order valence-electron chi connectivity index (χ3n) is 5.17. The Labute approximate surface area is 160 Å². The predicted octanol–water partition coefficient (Wildman–Crippen LogP) is 2.81. The van der Waals surface area contributed by atoms with E-state index in [1.165, 1.54) is 12.1 Å². The zero-order valence-corrected chi connectivity index (χ0v) is 15.0. The summed E-state index contributed by atoms with van der Waals surface area (Å²) in [6.07, 6.45) is 1.28. The zero-order valence-electron chi connectivity index (χ0n) is 15.0. The number of carboxylic acid groups (broad SMARTS) is 1. The number of aromatic nitrogens is 1. The normalized spacial score (nSPS) is 15.5. The molecule has 3 aromatic rings. The Balaban J connectivity index is 1.88. The molecule has 0 bridgehead atoms. The van der Waals surface area contributed by atoms with Crippen molar-refractivity contribution in [3.8, 4) is 5.75 Å². The number of primary amides is 1. The van der Waals surface area contributed by atoms with Crippen LogP contribution in [-0.2, 0) is 22.6 Å². The van der Waals surface area contributed by atoms with E-state index in [0.717, 1.165) is 27.7 Å². The van der Waals surface area contributed by atoms with Crippen LogP contribution in [0.15, 0.2) is 42.5 Å². The van der Waals surface area contributed by atoms with Crippen molar-refractivity contribution < 1.29 is 23.8 Å². The van der Waals surface area contributed by atoms with Gasteiger partial charge in [-0.05, 0) is 48.2 Å². The van der Waals surface area contributed by atoms with E-state index in [9.17, 15) is 14.0 Å². The third kappa shape index (κ3) is 3.09. The van der Waals surface area contributed by atoms with Crippen molar-refractivity contribution in [3.63, 3.8) is 0 Å². The van der Waals surface area contributed by atoms with E-state index < -0.39 is 24.4 Å². The summed E-state index contributed by atoms with van der Waals surface area (Å²) in [6, 6.07) is 11.7. The maximum Gasteiger partial charge on any atom is 0.341 e. The first-order valence-electron chi connectivity index (χ1n) is 8.98. The van der Waals surface area contributed by atoms with E-state index in [4.69, 9.17) is 15.6 Å². The number of hydrogen-bond acceptors (Lipinski definition) is 3. The Morgan fingerprint density at radius 1 is 1.21 bits per heavy atom. The van der Waals surface area contributed by atoms with Crippen LogP contribution in [-0.4, -0.2) is 28.2 Å². The average molecular weight is 382 g/mol. The minimum atomic E-state index is -1.08. The van der Waals surface area contributed by atoms with Gasteiger partial charge in [-0.1, -0.05) is 18.2 Å². The second kappa shape index (κ2) is 6.99. The maximum absolute atomic E-state index is 13.3. The van der Waals surface area contributed by atoms with Crippen molar-refractivity contribution in [1.82, 2.24) is 4.57 Å². The van der Waals surface area contributed by atoms with E-state index in [2.05, 4.69) is 4.57 Å². The van der Waals surface area contributed by atoms with Gasteiger partial charge < -0.3 is 20.1 Å². The van der Waals surface area contributed by atoms with Crippen molar-refractivity contribution in [2.45, 2.75) is 25.3 Å². The molecule has 2 aromatic carbocycles. The number of aliphatic carboxylic acids is 1. The van der Waals surface area contributed by atoms with Crippen LogP contribution in [0, 0.1) is 5.82 Å². The van der Waals surface area contributed by atoms with E-state index in [1.54, 1.807) is 24.3 Å². The van der Waals surface area contributed by atoms with Gasteiger partial charge in [0.15, 0.2) is 6.61 Å². The van der Waals surface area contributed by atoms with Crippen molar-refractivity contribution in [2.24, 2.45) is 5.73 Å². The summed E-state index contributed by atoms with van der Waals surface area (Å²) in [5, 5.41) is 9.69. The van der Waals surface area contributed by atoms with Crippen LogP contribution in [0.25, 0.3) is 10.9 Å². The molecule has 1 amide bonds. The molecule has 1 aliphatic rings. The fourth-order valence-corrected chi connectivity index (χ4v) is 4.02. The second-order valence-corrected chi connectivity index (χ2v) is 6.90. The van der Waals surface area contributed by atoms with Crippen LogP contribution in [0.3, 0.4) is 0 Å². The van der Waals surface area contributed by atoms with Gasteiger partial charge in [0, 0.05) is 17.6 Å². The number of amides is 1. The van der Waals surface area contributed by atoms with Gasteiger partial charge in [-0.25, -0.2) is 9.18 Å². The van der Waals surface area contributed by atoms with Crippen LogP contribution in [0.1, 0.15) is 29.2 Å². The molecule has 0 radical (unpaired) electrons. The van der Waals surface area contributed by atoms with Crippen molar-refractivity contribution in [2.75, 3.05) is 6.61 Å². The summed E-state index contributed by atoms with van der Waals surface area (Å²) < 4.78 is 20.8. The molecule has 7 heteroatoms. The molecule has 0 saturated heterocycles. The number of hydrogen-bond donors (Lipinski definition) is 2. The number of carbonyl (C=O) groups is 2. The Morgan fingerprint density at radius 2 is 1.96 bits per heavy atom. The van der Waals surface area contributed by atoms with Gasteiger partial charge in [-0.3, -0.25) is 4.79 Å². The first-order valence-corrected chi connectivity index (χ1v) is 8.98. The van der Waals surface area contributed by atoms with Crippen LogP contribution in [0.5, 0.6) is 5.75 Å². The highest BCUT2D eigenvalue weighted by Crippen LogP contribution is 2.44. The third-order valence-corrected chi connectivity index (χ3v) is 5.17. The van der Waals surface area contributed by atoms with Gasteiger partial charge in [-0.15, -0.1) is 0 Å². The standard InChI is InChI=1S/C21H19FN2O4/c22-13-6-4-12(5-7-13)10-24-15-2-1-3-17(28-11-18(25)26)20(15)19-14(21(23)27)8-9-16(19)24/h1-7,14H,8-11H2,(H2,23,27)(H,25,26). The Bertz CT molecular complexity index is 1070. The molecule has 28 heavy (non-hydrogen) atoms.